The van der Waals surface area contributed by atoms with Crippen molar-refractivity contribution >= 4 is 37.0 Å². The molecule has 216 valence electrons. The molecule has 0 saturated carbocycles. The fraction of sp³-hybridized carbons (Fsp3) is 0.519. The summed E-state index contributed by atoms with van der Waals surface area (Å²) in [5.41, 5.74) is 2.72. The summed E-state index contributed by atoms with van der Waals surface area (Å²) in [6, 6.07) is 9.35. The van der Waals surface area contributed by atoms with Gasteiger partial charge in [0.05, 0.1) is 12.0 Å². The Bertz CT molecular complexity index is 1670. The van der Waals surface area contributed by atoms with Crippen molar-refractivity contribution in [2.75, 3.05) is 43.5 Å². The van der Waals surface area contributed by atoms with Crippen molar-refractivity contribution < 1.29 is 16.8 Å². The summed E-state index contributed by atoms with van der Waals surface area (Å²) in [5, 5.41) is 4.07. The molecule has 2 aliphatic heterocycles. The number of nitrogens with one attached hydrogen (secondary N) is 1. The lowest BCUT2D eigenvalue weighted by atomic mass is 9.99. The lowest BCUT2D eigenvalue weighted by molar-refractivity contribution is 0.275. The highest BCUT2D eigenvalue weighted by atomic mass is 32.2. The van der Waals surface area contributed by atoms with Crippen LogP contribution in [0.3, 0.4) is 0 Å². The number of benzene rings is 1. The van der Waals surface area contributed by atoms with Gasteiger partial charge in [-0.1, -0.05) is 24.3 Å². The Balaban J connectivity index is 1.50. The molecule has 0 bridgehead atoms. The summed E-state index contributed by atoms with van der Waals surface area (Å²) in [6.07, 6.45) is 5.17. The Labute approximate surface area is 235 Å². The molecule has 13 heteroatoms. The topological polar surface area (TPSA) is 135 Å². The standard InChI is InChI=1S/C27H36N6O5S2/c1-4-40(37,38)32-13-9-21(10-14-32)29-27-28-18-20-17-24(23-8-6-5-7-19(23)2)26(34)33(25(20)30-27)22-11-15-31(16-12-22)39(3,35)36/h5-8,17-18,21-22H,4,9-16H2,1-3H3,(H,28,29,30). The number of sulfonamides is 2. The predicted molar refractivity (Wildman–Crippen MR) is 156 cm³/mol. The van der Waals surface area contributed by atoms with Gasteiger partial charge in [0, 0.05) is 55.4 Å². The molecule has 0 amide bonds. The van der Waals surface area contributed by atoms with Crippen LogP contribution in [-0.2, 0) is 20.0 Å². The molecule has 2 saturated heterocycles. The first-order chi connectivity index (χ1) is 19.0. The summed E-state index contributed by atoms with van der Waals surface area (Å²) < 4.78 is 53.4. The Morgan fingerprint density at radius 2 is 1.60 bits per heavy atom. The highest BCUT2D eigenvalue weighted by Crippen LogP contribution is 2.30. The molecule has 2 aromatic heterocycles. The van der Waals surface area contributed by atoms with Crippen LogP contribution >= 0.6 is 0 Å². The van der Waals surface area contributed by atoms with Gasteiger partial charge in [0.1, 0.15) is 5.65 Å². The highest BCUT2D eigenvalue weighted by molar-refractivity contribution is 7.89. The number of aromatic nitrogens is 3. The number of pyridine rings is 1. The minimum atomic E-state index is -3.31. The fourth-order valence-electron chi connectivity index (χ4n) is 5.67. The number of hydrogen-bond donors (Lipinski definition) is 1. The molecule has 2 aliphatic rings. The smallest absolute Gasteiger partial charge is 0.260 e. The zero-order valence-electron chi connectivity index (χ0n) is 23.1. The summed E-state index contributed by atoms with van der Waals surface area (Å²) >= 11 is 0. The van der Waals surface area contributed by atoms with Crippen LogP contribution in [0.2, 0.25) is 0 Å². The van der Waals surface area contributed by atoms with Gasteiger partial charge >= 0.3 is 0 Å². The molecule has 1 N–H and O–H groups in total. The van der Waals surface area contributed by atoms with Crippen LogP contribution in [-0.4, -0.2) is 84.2 Å². The maximum absolute atomic E-state index is 14.1. The van der Waals surface area contributed by atoms with E-state index in [4.69, 9.17) is 4.98 Å². The van der Waals surface area contributed by atoms with Gasteiger partial charge in [-0.3, -0.25) is 9.36 Å². The van der Waals surface area contributed by atoms with Gasteiger partial charge in [-0.25, -0.2) is 30.4 Å². The Morgan fingerprint density at radius 3 is 2.23 bits per heavy atom. The van der Waals surface area contributed by atoms with E-state index < -0.39 is 20.0 Å². The zero-order valence-corrected chi connectivity index (χ0v) is 24.7. The first-order valence-corrected chi connectivity index (χ1v) is 17.1. The van der Waals surface area contributed by atoms with Crippen LogP contribution in [0.5, 0.6) is 0 Å². The van der Waals surface area contributed by atoms with Gasteiger partial charge in [0.2, 0.25) is 26.0 Å². The van der Waals surface area contributed by atoms with Crippen LogP contribution in [0.4, 0.5) is 5.95 Å². The van der Waals surface area contributed by atoms with Gasteiger partial charge < -0.3 is 5.32 Å². The molecule has 0 unspecified atom stereocenters. The van der Waals surface area contributed by atoms with Crippen molar-refractivity contribution in [3.05, 3.63) is 52.4 Å². The monoisotopic (exact) mass is 588 g/mol. The van der Waals surface area contributed by atoms with E-state index in [-0.39, 0.29) is 23.4 Å². The second-order valence-corrected chi connectivity index (χ2v) is 14.9. The SMILES string of the molecule is CCS(=O)(=O)N1CCC(Nc2ncc3cc(-c4ccccc4C)c(=O)n(C4CCN(S(C)(=O)=O)CC4)c3n2)CC1. The van der Waals surface area contributed by atoms with Crippen molar-refractivity contribution in [3.63, 3.8) is 0 Å². The van der Waals surface area contributed by atoms with E-state index in [0.717, 1.165) is 16.5 Å². The van der Waals surface area contributed by atoms with E-state index in [2.05, 4.69) is 10.3 Å². The minimum absolute atomic E-state index is 0.00479. The number of fused-ring (bicyclic) bond motifs is 1. The number of hydrogen-bond acceptors (Lipinski definition) is 8. The number of aryl methyl sites for hydroxylation is 1. The van der Waals surface area contributed by atoms with E-state index in [1.165, 1.54) is 14.9 Å². The summed E-state index contributed by atoms with van der Waals surface area (Å²) in [6.45, 7) is 5.16. The zero-order chi connectivity index (χ0) is 28.7. The van der Waals surface area contributed by atoms with Gasteiger partial charge in [-0.2, -0.15) is 4.98 Å². The average Bonchev–Trinajstić information content (AvgIpc) is 2.93. The molecule has 0 radical (unpaired) electrons. The van der Waals surface area contributed by atoms with Gasteiger partial charge in [-0.15, -0.1) is 0 Å². The molecule has 3 aromatic rings. The summed E-state index contributed by atoms with van der Waals surface area (Å²) in [7, 11) is -6.53. The van der Waals surface area contributed by atoms with Crippen LogP contribution in [0.25, 0.3) is 22.2 Å². The molecule has 0 spiro atoms. The van der Waals surface area contributed by atoms with Crippen LogP contribution < -0.4 is 10.9 Å². The second-order valence-electron chi connectivity index (χ2n) is 10.6. The first kappa shape index (κ1) is 28.7. The van der Waals surface area contributed by atoms with Crippen molar-refractivity contribution in [1.29, 1.82) is 0 Å². The summed E-state index contributed by atoms with van der Waals surface area (Å²) in [5.74, 6) is 0.471. The lowest BCUT2D eigenvalue weighted by Gasteiger charge is -2.32. The molecule has 1 aromatic carbocycles. The number of nitrogens with zero attached hydrogens (tertiary/aromatic N) is 5. The fourth-order valence-corrected chi connectivity index (χ4v) is 7.68. The van der Waals surface area contributed by atoms with Crippen LogP contribution in [0.15, 0.2) is 41.3 Å². The molecular weight excluding hydrogens is 552 g/mol. The van der Waals surface area contributed by atoms with Crippen molar-refractivity contribution in [2.45, 2.75) is 51.6 Å². The Morgan fingerprint density at radius 1 is 0.950 bits per heavy atom. The van der Waals surface area contributed by atoms with Crippen molar-refractivity contribution in [2.24, 2.45) is 0 Å². The van der Waals surface area contributed by atoms with E-state index in [9.17, 15) is 21.6 Å². The Hall–Kier alpha value is -2.87. The molecule has 2 fully saturated rings. The van der Waals surface area contributed by atoms with E-state index in [0.29, 0.717) is 69.0 Å². The Kier molecular flexibility index (Phi) is 8.01. The number of anilines is 1. The molecule has 4 heterocycles. The number of rotatable bonds is 7. The minimum Gasteiger partial charge on any atom is -0.351 e. The van der Waals surface area contributed by atoms with Crippen molar-refractivity contribution in [1.82, 2.24) is 23.1 Å². The van der Waals surface area contributed by atoms with Crippen LogP contribution in [0.1, 0.15) is 44.2 Å². The lowest BCUT2D eigenvalue weighted by Crippen LogP contribution is -2.43. The molecule has 11 nitrogen and oxygen atoms in total. The largest absolute Gasteiger partial charge is 0.351 e. The predicted octanol–water partition coefficient (Wildman–Crippen LogP) is 2.59. The summed E-state index contributed by atoms with van der Waals surface area (Å²) in [4.78, 5) is 23.4. The van der Waals surface area contributed by atoms with E-state index in [1.54, 1.807) is 17.7 Å². The maximum Gasteiger partial charge on any atom is 0.260 e. The maximum atomic E-state index is 14.1. The van der Waals surface area contributed by atoms with E-state index in [1.807, 2.05) is 37.3 Å². The van der Waals surface area contributed by atoms with Crippen molar-refractivity contribution in [3.8, 4) is 11.1 Å². The second kappa shape index (κ2) is 11.2. The third-order valence-corrected chi connectivity index (χ3v) is 11.2. The first-order valence-electron chi connectivity index (χ1n) is 13.7. The van der Waals surface area contributed by atoms with Gasteiger partial charge in [-0.05, 0) is 56.7 Å². The quantitative estimate of drug-likeness (QED) is 0.445. The third kappa shape index (κ3) is 5.78. The normalized spacial score (nSPS) is 18.8. The molecule has 0 atom stereocenters. The molecule has 5 rings (SSSR count). The van der Waals surface area contributed by atoms with Gasteiger partial charge in [0.15, 0.2) is 0 Å². The third-order valence-electron chi connectivity index (χ3n) is 8.01. The highest BCUT2D eigenvalue weighted by Gasteiger charge is 2.30. The number of piperidine rings is 2. The molecule has 0 aliphatic carbocycles. The molecule has 40 heavy (non-hydrogen) atoms. The van der Waals surface area contributed by atoms with Gasteiger partial charge in [0.25, 0.3) is 5.56 Å². The molecular formula is C27H36N6O5S2. The average molecular weight is 589 g/mol. The van der Waals surface area contributed by atoms with Crippen LogP contribution in [0, 0.1) is 6.92 Å². The van der Waals surface area contributed by atoms with E-state index >= 15 is 0 Å².